The van der Waals surface area contributed by atoms with Gasteiger partial charge in [0.25, 0.3) is 0 Å². The van der Waals surface area contributed by atoms with Crippen molar-refractivity contribution in [1.82, 2.24) is 5.32 Å². The maximum absolute atomic E-state index is 10.8. The van der Waals surface area contributed by atoms with Crippen LogP contribution in [0.2, 0.25) is 0 Å². The fourth-order valence-corrected chi connectivity index (χ4v) is 1.47. The number of rotatable bonds is 4. The van der Waals surface area contributed by atoms with Crippen LogP contribution < -0.4 is 5.32 Å². The Bertz CT molecular complexity index is 276. The fraction of sp³-hybridized carbons (Fsp3) is 0.471. The molecule has 0 spiro atoms. The molecule has 0 aliphatic heterocycles. The van der Waals surface area contributed by atoms with E-state index >= 15 is 0 Å². The maximum Gasteiger partial charge on any atom is 0.151 e. The van der Waals surface area contributed by atoms with Crippen LogP contribution in [0, 0.1) is 14.4 Å². The van der Waals surface area contributed by atoms with Gasteiger partial charge in [-0.1, -0.05) is 39.5 Å². The standard InChI is InChI=1S/C8H15NO.C4H4S.C2H6.C2H5.CH3.B.Y/c1-5-8(7(4)10)9-6(2)3;1-2-4-5-3-1;2*1-2;;;/h8-9H,2,5H2,1,3-4H3;1-4H;1-2H3;1H2,2H3;1H3;;/q;;;2*-1;;/t8-;;;;;;/m0....../s1. The molecule has 22 heavy (non-hydrogen) atoms. The van der Waals surface area contributed by atoms with Crippen LogP contribution in [0.1, 0.15) is 48.0 Å². The van der Waals surface area contributed by atoms with Gasteiger partial charge < -0.3 is 19.7 Å². The van der Waals surface area contributed by atoms with Crippen molar-refractivity contribution in [1.29, 1.82) is 0 Å². The Morgan fingerprint density at radius 3 is 1.68 bits per heavy atom. The van der Waals surface area contributed by atoms with Crippen LogP contribution in [0.5, 0.6) is 0 Å². The molecule has 2 nitrogen and oxygen atoms in total. The Morgan fingerprint density at radius 2 is 1.59 bits per heavy atom. The van der Waals surface area contributed by atoms with Crippen molar-refractivity contribution in [3.63, 3.8) is 0 Å². The van der Waals surface area contributed by atoms with E-state index in [1.165, 1.54) is 0 Å². The average molecular weight is 399 g/mol. The van der Waals surface area contributed by atoms with E-state index in [1.54, 1.807) is 25.2 Å². The second kappa shape index (κ2) is 32.9. The van der Waals surface area contributed by atoms with E-state index in [1.807, 2.05) is 50.6 Å². The second-order valence-corrected chi connectivity index (χ2v) is 4.11. The molecule has 0 aliphatic rings. The van der Waals surface area contributed by atoms with E-state index in [0.29, 0.717) is 0 Å². The molecule has 1 rings (SSSR count). The molecule has 0 saturated heterocycles. The van der Waals surface area contributed by atoms with Gasteiger partial charge in [0.05, 0.1) is 6.04 Å². The first-order valence-electron chi connectivity index (χ1n) is 6.68. The summed E-state index contributed by atoms with van der Waals surface area (Å²) in [6.07, 6.45) is 0.822. The topological polar surface area (TPSA) is 29.1 Å². The van der Waals surface area contributed by atoms with Gasteiger partial charge in [-0.05, 0) is 31.0 Å². The Balaban J connectivity index is -0.0000000458. The molecule has 5 heteroatoms. The Labute approximate surface area is 171 Å². The van der Waals surface area contributed by atoms with Gasteiger partial charge in [-0.3, -0.25) is 4.79 Å². The van der Waals surface area contributed by atoms with Gasteiger partial charge in [0.15, 0.2) is 5.78 Å². The number of thiophene rings is 1. The summed E-state index contributed by atoms with van der Waals surface area (Å²) in [6, 6.07) is 3.99. The zero-order valence-electron chi connectivity index (χ0n) is 15.5. The van der Waals surface area contributed by atoms with Gasteiger partial charge in [-0.15, -0.1) is 0 Å². The van der Waals surface area contributed by atoms with Crippen LogP contribution in [0.4, 0.5) is 0 Å². The van der Waals surface area contributed by atoms with Crippen LogP contribution in [0.15, 0.2) is 35.2 Å². The maximum atomic E-state index is 10.8. The van der Waals surface area contributed by atoms with Crippen molar-refractivity contribution in [3.8, 4) is 0 Å². The summed E-state index contributed by atoms with van der Waals surface area (Å²) in [4.78, 5) is 10.8. The summed E-state index contributed by atoms with van der Waals surface area (Å²) in [5.74, 6) is 0.172. The number of nitrogens with one attached hydrogen (secondary N) is 1. The van der Waals surface area contributed by atoms with Gasteiger partial charge in [0, 0.05) is 46.8 Å². The monoisotopic (exact) mass is 399 g/mol. The molecule has 0 amide bonds. The molecule has 0 aromatic carbocycles. The van der Waals surface area contributed by atoms with E-state index < -0.39 is 0 Å². The third-order valence-corrected chi connectivity index (χ3v) is 2.37. The summed E-state index contributed by atoms with van der Waals surface area (Å²) < 4.78 is 0. The molecule has 4 radical (unpaired) electrons. The molecule has 0 unspecified atom stereocenters. The van der Waals surface area contributed by atoms with E-state index in [2.05, 4.69) is 18.8 Å². The zero-order chi connectivity index (χ0) is 15.7. The third kappa shape index (κ3) is 32.1. The van der Waals surface area contributed by atoms with Crippen molar-refractivity contribution in [2.45, 2.75) is 54.0 Å². The Morgan fingerprint density at radius 1 is 1.23 bits per heavy atom. The molecule has 126 valence electrons. The minimum atomic E-state index is -0.0440. The minimum Gasteiger partial charge on any atom is -0.379 e. The molecule has 1 heterocycles. The number of ketones is 1. The third-order valence-electron chi connectivity index (χ3n) is 1.74. The van der Waals surface area contributed by atoms with Gasteiger partial charge in [-0.2, -0.15) is 18.3 Å². The molecular formula is C17H33BNOSY-2. The van der Waals surface area contributed by atoms with Crippen molar-refractivity contribution in [2.24, 2.45) is 0 Å². The van der Waals surface area contributed by atoms with Gasteiger partial charge >= 0.3 is 0 Å². The van der Waals surface area contributed by atoms with Crippen LogP contribution >= 0.6 is 11.3 Å². The normalized spacial score (nSPS) is 7.95. The van der Waals surface area contributed by atoms with E-state index in [-0.39, 0.29) is 60.4 Å². The second-order valence-electron chi connectivity index (χ2n) is 3.29. The first kappa shape index (κ1) is 37.9. The minimum absolute atomic E-state index is 0. The number of Topliss-reactive ketones (excluding diaryl/α,β-unsaturated/α-hetero) is 1. The summed E-state index contributed by atoms with van der Waals surface area (Å²) >= 11 is 1.71. The van der Waals surface area contributed by atoms with E-state index in [0.717, 1.165) is 12.1 Å². The smallest absolute Gasteiger partial charge is 0.151 e. The summed E-state index contributed by atoms with van der Waals surface area (Å²) in [7, 11) is 0. The van der Waals surface area contributed by atoms with E-state index in [9.17, 15) is 4.79 Å². The van der Waals surface area contributed by atoms with Crippen molar-refractivity contribution >= 4 is 25.5 Å². The fourth-order valence-electron chi connectivity index (χ4n) is 1.02. The number of hydrogen-bond donors (Lipinski definition) is 1. The van der Waals surface area contributed by atoms with E-state index in [4.69, 9.17) is 0 Å². The molecule has 1 aromatic rings. The zero-order valence-corrected chi connectivity index (χ0v) is 19.1. The van der Waals surface area contributed by atoms with Crippen LogP contribution in [-0.2, 0) is 37.5 Å². The number of allylic oxidation sites excluding steroid dienone is 1. The summed E-state index contributed by atoms with van der Waals surface area (Å²) in [5.41, 5.74) is 0.849. The predicted octanol–water partition coefficient (Wildman–Crippen LogP) is 5.16. The molecule has 1 atom stereocenters. The van der Waals surface area contributed by atoms with Crippen LogP contribution in [0.25, 0.3) is 0 Å². The molecule has 0 bridgehead atoms. The van der Waals surface area contributed by atoms with Crippen molar-refractivity contribution in [3.05, 3.63) is 49.5 Å². The van der Waals surface area contributed by atoms with Gasteiger partial charge in [-0.25, -0.2) is 0 Å². The Hall–Kier alpha value is 0.0788. The number of carbonyl (C=O) groups is 1. The molecule has 0 aliphatic carbocycles. The summed E-state index contributed by atoms with van der Waals surface area (Å²) in [5, 5.41) is 7.07. The van der Waals surface area contributed by atoms with Gasteiger partial charge in [0.2, 0.25) is 0 Å². The number of carbonyl (C=O) groups excluding carboxylic acids is 1. The average Bonchev–Trinajstić information content (AvgIpc) is 2.99. The summed E-state index contributed by atoms with van der Waals surface area (Å²) in [6.45, 7) is 18.1. The van der Waals surface area contributed by atoms with Crippen LogP contribution in [0.3, 0.4) is 0 Å². The van der Waals surface area contributed by atoms with Crippen molar-refractivity contribution in [2.75, 3.05) is 0 Å². The first-order chi connectivity index (χ1) is 9.07. The molecule has 1 aromatic heterocycles. The SMILES string of the molecule is C=C(C)N[C@@H](CC)C(C)=O.CC.[B].[CH2-]C.[CH3-].[Y].c1ccsc1. The molecular weight excluding hydrogens is 366 g/mol. The van der Waals surface area contributed by atoms with Gasteiger partial charge in [0.1, 0.15) is 0 Å². The van der Waals surface area contributed by atoms with Crippen LogP contribution in [-0.4, -0.2) is 20.2 Å². The largest absolute Gasteiger partial charge is 0.379 e. The quantitative estimate of drug-likeness (QED) is 0.560. The molecule has 0 fully saturated rings. The molecule has 1 N–H and O–H groups in total. The van der Waals surface area contributed by atoms with Crippen molar-refractivity contribution < 1.29 is 37.5 Å². The molecule has 0 saturated carbocycles. The first-order valence-corrected chi connectivity index (χ1v) is 7.62. The number of hydrogen-bond acceptors (Lipinski definition) is 3. The predicted molar refractivity (Wildman–Crippen MR) is 102 cm³/mol. The Kier molecular flexibility index (Phi) is 56.7.